The molecule has 1 aromatic heterocycles. The Balaban J connectivity index is 2.13. The lowest BCUT2D eigenvalue weighted by molar-refractivity contribution is 0.104. The van der Waals surface area contributed by atoms with Gasteiger partial charge in [-0.15, -0.1) is 0 Å². The lowest BCUT2D eigenvalue weighted by Crippen LogP contribution is -2.13. The fraction of sp³-hybridized carbons (Fsp3) is 0.692. The number of anilines is 2. The molecule has 0 saturated carbocycles. The van der Waals surface area contributed by atoms with E-state index in [0.717, 1.165) is 32.4 Å². The molecule has 20 heavy (non-hydrogen) atoms. The number of nitrogen functional groups attached to an aromatic ring is 1. The second-order valence-corrected chi connectivity index (χ2v) is 4.63. The Morgan fingerprint density at radius 3 is 2.90 bits per heavy atom. The van der Waals surface area contributed by atoms with Gasteiger partial charge in [0.2, 0.25) is 5.88 Å². The first kappa shape index (κ1) is 14.8. The maximum atomic E-state index is 5.99. The molecule has 0 bridgehead atoms. The Labute approximate surface area is 118 Å². The van der Waals surface area contributed by atoms with Gasteiger partial charge in [0.05, 0.1) is 7.11 Å². The monoisotopic (exact) mass is 282 g/mol. The molecule has 1 aliphatic heterocycles. The van der Waals surface area contributed by atoms with Crippen molar-refractivity contribution in [1.29, 1.82) is 0 Å². The van der Waals surface area contributed by atoms with Crippen molar-refractivity contribution in [3.05, 3.63) is 5.82 Å². The van der Waals surface area contributed by atoms with E-state index >= 15 is 0 Å². The lowest BCUT2D eigenvalue weighted by atomic mass is 10.2. The first-order chi connectivity index (χ1) is 9.76. The summed E-state index contributed by atoms with van der Waals surface area (Å²) >= 11 is 0. The van der Waals surface area contributed by atoms with Crippen LogP contribution in [0.4, 0.5) is 11.5 Å². The minimum absolute atomic E-state index is 0.0657. The van der Waals surface area contributed by atoms with Crippen LogP contribution >= 0.6 is 0 Å². The quantitative estimate of drug-likeness (QED) is 0.730. The van der Waals surface area contributed by atoms with E-state index in [2.05, 4.69) is 15.3 Å². The van der Waals surface area contributed by atoms with Crippen molar-refractivity contribution in [3.63, 3.8) is 0 Å². The first-order valence-electron chi connectivity index (χ1n) is 6.82. The van der Waals surface area contributed by atoms with Crippen molar-refractivity contribution in [2.24, 2.45) is 0 Å². The highest BCUT2D eigenvalue weighted by atomic mass is 16.5. The van der Waals surface area contributed by atoms with Crippen molar-refractivity contribution >= 4 is 11.5 Å². The van der Waals surface area contributed by atoms with Crippen molar-refractivity contribution in [1.82, 2.24) is 9.97 Å². The smallest absolute Gasteiger partial charge is 0.242 e. The van der Waals surface area contributed by atoms with Gasteiger partial charge in [-0.1, -0.05) is 0 Å². The van der Waals surface area contributed by atoms with Gasteiger partial charge in [0.25, 0.3) is 0 Å². The van der Waals surface area contributed by atoms with E-state index in [0.29, 0.717) is 29.8 Å². The van der Waals surface area contributed by atoms with Gasteiger partial charge in [0.15, 0.2) is 11.6 Å². The molecule has 1 unspecified atom stereocenters. The molecule has 1 aliphatic rings. The van der Waals surface area contributed by atoms with E-state index in [1.807, 2.05) is 0 Å². The summed E-state index contributed by atoms with van der Waals surface area (Å²) in [6.07, 6.45) is 2.76. The zero-order valence-electron chi connectivity index (χ0n) is 12.0. The van der Waals surface area contributed by atoms with E-state index in [4.69, 9.17) is 19.9 Å². The van der Waals surface area contributed by atoms with Crippen LogP contribution in [0.1, 0.15) is 31.2 Å². The van der Waals surface area contributed by atoms with Gasteiger partial charge >= 0.3 is 0 Å². The van der Waals surface area contributed by atoms with E-state index in [9.17, 15) is 0 Å². The van der Waals surface area contributed by atoms with Crippen molar-refractivity contribution in [3.8, 4) is 5.88 Å². The van der Waals surface area contributed by atoms with E-state index in [1.165, 1.54) is 0 Å². The largest absolute Gasteiger partial charge is 0.479 e. The van der Waals surface area contributed by atoms with E-state index in [1.54, 1.807) is 14.2 Å². The molecule has 2 rings (SSSR count). The van der Waals surface area contributed by atoms with Crippen LogP contribution in [0.3, 0.4) is 0 Å². The SMILES string of the molecule is COCCCNc1nc(C2CCCO2)nc(OC)c1N. The van der Waals surface area contributed by atoms with Gasteiger partial charge in [-0.3, -0.25) is 0 Å². The van der Waals surface area contributed by atoms with E-state index in [-0.39, 0.29) is 6.10 Å². The molecule has 0 spiro atoms. The standard InChI is InChI=1S/C13H22N4O3/c1-18-7-4-6-15-12-10(14)13(19-2)17-11(16-12)9-5-3-8-20-9/h9H,3-8,14H2,1-2H3,(H,15,16,17). The van der Waals surface area contributed by atoms with Crippen LogP contribution in [0.2, 0.25) is 0 Å². The van der Waals surface area contributed by atoms with E-state index < -0.39 is 0 Å². The first-order valence-corrected chi connectivity index (χ1v) is 6.82. The number of hydrogen-bond donors (Lipinski definition) is 2. The fourth-order valence-corrected chi connectivity index (χ4v) is 2.10. The number of nitrogens with two attached hydrogens (primary N) is 1. The lowest BCUT2D eigenvalue weighted by Gasteiger charge is -2.15. The average molecular weight is 282 g/mol. The van der Waals surface area contributed by atoms with Gasteiger partial charge in [-0.25, -0.2) is 4.98 Å². The Kier molecular flexibility index (Phi) is 5.37. The molecule has 1 aromatic rings. The Hall–Kier alpha value is -1.60. The molecule has 1 saturated heterocycles. The van der Waals surface area contributed by atoms with Gasteiger partial charge in [-0.05, 0) is 19.3 Å². The van der Waals surface area contributed by atoms with Crippen LogP contribution < -0.4 is 15.8 Å². The van der Waals surface area contributed by atoms with Crippen LogP contribution in [0.15, 0.2) is 0 Å². The minimum Gasteiger partial charge on any atom is -0.479 e. The third kappa shape index (κ3) is 3.49. The summed E-state index contributed by atoms with van der Waals surface area (Å²) in [4.78, 5) is 8.80. The van der Waals surface area contributed by atoms with Gasteiger partial charge in [0.1, 0.15) is 11.8 Å². The molecule has 0 amide bonds. The fourth-order valence-electron chi connectivity index (χ4n) is 2.10. The number of methoxy groups -OCH3 is 2. The minimum atomic E-state index is -0.0657. The van der Waals surface area contributed by atoms with Crippen LogP contribution in [-0.4, -0.2) is 43.9 Å². The molecule has 2 heterocycles. The maximum Gasteiger partial charge on any atom is 0.242 e. The van der Waals surface area contributed by atoms with Crippen LogP contribution in [0.5, 0.6) is 5.88 Å². The van der Waals surface area contributed by atoms with Crippen LogP contribution in [0.25, 0.3) is 0 Å². The molecule has 0 aromatic carbocycles. The van der Waals surface area contributed by atoms with Crippen molar-refractivity contribution in [2.45, 2.75) is 25.4 Å². The summed E-state index contributed by atoms with van der Waals surface area (Å²) in [5, 5.41) is 3.19. The summed E-state index contributed by atoms with van der Waals surface area (Å²) in [5.74, 6) is 1.61. The molecule has 0 aliphatic carbocycles. The molecular formula is C13H22N4O3. The molecule has 7 nitrogen and oxygen atoms in total. The number of aromatic nitrogens is 2. The van der Waals surface area contributed by atoms with Crippen molar-refractivity contribution in [2.75, 3.05) is 45.0 Å². The Morgan fingerprint density at radius 1 is 1.40 bits per heavy atom. The zero-order valence-corrected chi connectivity index (χ0v) is 12.0. The maximum absolute atomic E-state index is 5.99. The Bertz CT molecular complexity index is 436. The topological polar surface area (TPSA) is 91.5 Å². The van der Waals surface area contributed by atoms with Gasteiger partial charge in [-0.2, -0.15) is 4.98 Å². The van der Waals surface area contributed by atoms with Crippen LogP contribution in [0, 0.1) is 0 Å². The Morgan fingerprint density at radius 2 is 2.25 bits per heavy atom. The summed E-state index contributed by atoms with van der Waals surface area (Å²) in [6.45, 7) is 2.16. The zero-order chi connectivity index (χ0) is 14.4. The summed E-state index contributed by atoms with van der Waals surface area (Å²) in [6, 6.07) is 0. The normalized spacial score (nSPS) is 18.2. The number of nitrogens with one attached hydrogen (secondary N) is 1. The summed E-state index contributed by atoms with van der Waals surface area (Å²) in [5.41, 5.74) is 6.41. The predicted molar refractivity (Wildman–Crippen MR) is 75.9 cm³/mol. The molecular weight excluding hydrogens is 260 g/mol. The number of rotatable bonds is 7. The molecule has 7 heteroatoms. The highest BCUT2D eigenvalue weighted by Crippen LogP contribution is 2.32. The predicted octanol–water partition coefficient (Wildman–Crippen LogP) is 1.37. The molecule has 3 N–H and O–H groups in total. The number of hydrogen-bond acceptors (Lipinski definition) is 7. The molecule has 0 radical (unpaired) electrons. The second-order valence-electron chi connectivity index (χ2n) is 4.63. The highest BCUT2D eigenvalue weighted by molar-refractivity contribution is 5.66. The number of nitrogens with zero attached hydrogens (tertiary/aromatic N) is 2. The molecule has 1 atom stereocenters. The third-order valence-electron chi connectivity index (χ3n) is 3.16. The van der Waals surface area contributed by atoms with Crippen LogP contribution in [-0.2, 0) is 9.47 Å². The summed E-state index contributed by atoms with van der Waals surface area (Å²) < 4.78 is 15.8. The van der Waals surface area contributed by atoms with Gasteiger partial charge in [0, 0.05) is 26.9 Å². The third-order valence-corrected chi connectivity index (χ3v) is 3.16. The summed E-state index contributed by atoms with van der Waals surface area (Å²) in [7, 11) is 3.23. The molecule has 112 valence electrons. The highest BCUT2D eigenvalue weighted by Gasteiger charge is 2.23. The second kappa shape index (κ2) is 7.25. The number of ether oxygens (including phenoxy) is 3. The average Bonchev–Trinajstić information content (AvgIpc) is 2.99. The van der Waals surface area contributed by atoms with Gasteiger partial charge < -0.3 is 25.3 Å². The molecule has 1 fully saturated rings. The van der Waals surface area contributed by atoms with Crippen molar-refractivity contribution < 1.29 is 14.2 Å².